The fourth-order valence-corrected chi connectivity index (χ4v) is 2.72. The van der Waals surface area contributed by atoms with E-state index in [0.29, 0.717) is 12.2 Å². The van der Waals surface area contributed by atoms with Gasteiger partial charge in [0.15, 0.2) is 0 Å². The Kier molecular flexibility index (Phi) is 7.73. The summed E-state index contributed by atoms with van der Waals surface area (Å²) in [4.78, 5) is 0. The van der Waals surface area contributed by atoms with E-state index in [4.69, 9.17) is 14.6 Å². The highest BCUT2D eigenvalue weighted by Gasteiger charge is 2.21. The van der Waals surface area contributed by atoms with Gasteiger partial charge in [-0.2, -0.15) is 0 Å². The van der Waals surface area contributed by atoms with Crippen LogP contribution < -0.4 is 11.1 Å². The number of hydrogen-bond acceptors (Lipinski definition) is 4. The van der Waals surface area contributed by atoms with Crippen LogP contribution in [-0.2, 0) is 8.85 Å². The molecule has 0 aliphatic carbocycles. The Balaban J connectivity index is 3.75. The molecule has 0 radical (unpaired) electrons. The van der Waals surface area contributed by atoms with E-state index >= 15 is 0 Å². The second kappa shape index (κ2) is 7.69. The quantitative estimate of drug-likeness (QED) is 0.527. The molecule has 0 heterocycles. The molecule has 0 aliphatic heterocycles. The maximum Gasteiger partial charge on any atom is 0.338 e. The van der Waals surface area contributed by atoms with Gasteiger partial charge in [0.1, 0.15) is 0 Å². The molecule has 0 aromatic carbocycles. The third-order valence-electron chi connectivity index (χ3n) is 1.78. The van der Waals surface area contributed by atoms with Crippen molar-refractivity contribution in [1.82, 2.24) is 5.32 Å². The van der Waals surface area contributed by atoms with Crippen LogP contribution in [-0.4, -0.2) is 42.3 Å². The van der Waals surface area contributed by atoms with Crippen LogP contribution in [0.3, 0.4) is 0 Å². The van der Waals surface area contributed by atoms with E-state index < -0.39 is 9.28 Å². The molecular weight excluding hydrogens is 172 g/mol. The number of rotatable bonds is 7. The first-order valence-corrected chi connectivity index (χ1v) is 5.90. The Morgan fingerprint density at radius 1 is 1.42 bits per heavy atom. The summed E-state index contributed by atoms with van der Waals surface area (Å²) < 4.78 is 10.5. The Hall–Kier alpha value is 0.0569. The van der Waals surface area contributed by atoms with E-state index in [0.717, 1.165) is 13.0 Å². The van der Waals surface area contributed by atoms with Crippen LogP contribution >= 0.6 is 0 Å². The predicted molar refractivity (Wildman–Crippen MR) is 52.3 cm³/mol. The molecule has 0 aromatic rings. The van der Waals surface area contributed by atoms with E-state index in [1.807, 2.05) is 0 Å². The summed E-state index contributed by atoms with van der Waals surface area (Å²) >= 11 is 0. The highest BCUT2D eigenvalue weighted by atomic mass is 28.3. The van der Waals surface area contributed by atoms with Crippen LogP contribution in [0.15, 0.2) is 0 Å². The van der Waals surface area contributed by atoms with Gasteiger partial charge in [-0.05, 0) is 6.42 Å². The maximum atomic E-state index is 5.39. The smallest absolute Gasteiger partial charge is 0.338 e. The standard InChI is InChI=1S/C7H20N2O2Si/c1-4-7(9-6-5-8)12(10-2)11-3/h7,9,12H,4-6,8H2,1-3H3. The highest BCUT2D eigenvalue weighted by molar-refractivity contribution is 6.46. The summed E-state index contributed by atoms with van der Waals surface area (Å²) in [6.07, 6.45) is 1.03. The zero-order valence-corrected chi connectivity index (χ0v) is 9.32. The van der Waals surface area contributed by atoms with E-state index in [1.165, 1.54) is 0 Å². The molecule has 0 rings (SSSR count). The van der Waals surface area contributed by atoms with Gasteiger partial charge in [0.2, 0.25) is 0 Å². The van der Waals surface area contributed by atoms with Crippen LogP contribution in [0.2, 0.25) is 0 Å². The van der Waals surface area contributed by atoms with E-state index in [2.05, 4.69) is 12.2 Å². The number of nitrogens with one attached hydrogen (secondary N) is 1. The molecule has 3 N–H and O–H groups in total. The molecule has 1 atom stereocenters. The Bertz CT molecular complexity index is 101. The monoisotopic (exact) mass is 192 g/mol. The van der Waals surface area contributed by atoms with Crippen molar-refractivity contribution in [3.63, 3.8) is 0 Å². The zero-order chi connectivity index (χ0) is 9.40. The van der Waals surface area contributed by atoms with Gasteiger partial charge in [0.05, 0.1) is 0 Å². The molecule has 0 saturated heterocycles. The summed E-state index contributed by atoms with van der Waals surface area (Å²) in [7, 11) is 1.90. The average Bonchev–Trinajstić information content (AvgIpc) is 2.12. The Labute approximate surface area is 76.3 Å². The van der Waals surface area contributed by atoms with Gasteiger partial charge in [0, 0.05) is 33.0 Å². The number of nitrogens with two attached hydrogens (primary N) is 1. The lowest BCUT2D eigenvalue weighted by molar-refractivity contribution is 0.257. The summed E-state index contributed by atoms with van der Waals surface area (Å²) in [6, 6.07) is 0. The van der Waals surface area contributed by atoms with Crippen molar-refractivity contribution in [2.45, 2.75) is 19.0 Å². The fourth-order valence-electron chi connectivity index (χ4n) is 1.13. The minimum atomic E-state index is -1.51. The average molecular weight is 192 g/mol. The van der Waals surface area contributed by atoms with Crippen LogP contribution in [0.5, 0.6) is 0 Å². The Morgan fingerprint density at radius 3 is 2.33 bits per heavy atom. The minimum Gasteiger partial charge on any atom is -0.399 e. The van der Waals surface area contributed by atoms with Crippen molar-refractivity contribution in [2.24, 2.45) is 5.73 Å². The van der Waals surface area contributed by atoms with Crippen molar-refractivity contribution in [3.8, 4) is 0 Å². The molecule has 0 aromatic heterocycles. The first-order chi connectivity index (χ1) is 5.79. The van der Waals surface area contributed by atoms with Gasteiger partial charge in [-0.1, -0.05) is 6.92 Å². The number of hydrogen-bond donors (Lipinski definition) is 2. The van der Waals surface area contributed by atoms with Crippen LogP contribution in [0.1, 0.15) is 13.3 Å². The minimum absolute atomic E-state index is 0.364. The van der Waals surface area contributed by atoms with Gasteiger partial charge >= 0.3 is 9.28 Å². The summed E-state index contributed by atoms with van der Waals surface area (Å²) in [5, 5.41) is 3.31. The third kappa shape index (κ3) is 4.17. The highest BCUT2D eigenvalue weighted by Crippen LogP contribution is 1.98. The molecule has 0 amide bonds. The predicted octanol–water partition coefficient (Wildman–Crippen LogP) is -0.634. The topological polar surface area (TPSA) is 56.5 Å². The molecule has 0 fully saturated rings. The van der Waals surface area contributed by atoms with Crippen LogP contribution in [0, 0.1) is 0 Å². The molecule has 0 bridgehead atoms. The van der Waals surface area contributed by atoms with Gasteiger partial charge in [-0.15, -0.1) is 0 Å². The largest absolute Gasteiger partial charge is 0.399 e. The molecule has 4 nitrogen and oxygen atoms in total. The second-order valence-corrected chi connectivity index (χ2v) is 5.08. The van der Waals surface area contributed by atoms with Crippen molar-refractivity contribution in [2.75, 3.05) is 27.3 Å². The van der Waals surface area contributed by atoms with Gasteiger partial charge < -0.3 is 19.9 Å². The van der Waals surface area contributed by atoms with Crippen molar-refractivity contribution in [3.05, 3.63) is 0 Å². The SMILES string of the molecule is CCC(NCCN)[SiH](OC)OC. The van der Waals surface area contributed by atoms with Crippen molar-refractivity contribution >= 4 is 9.28 Å². The van der Waals surface area contributed by atoms with Gasteiger partial charge in [-0.3, -0.25) is 0 Å². The van der Waals surface area contributed by atoms with Gasteiger partial charge in [0.25, 0.3) is 0 Å². The molecule has 12 heavy (non-hydrogen) atoms. The van der Waals surface area contributed by atoms with Crippen LogP contribution in [0.4, 0.5) is 0 Å². The fraction of sp³-hybridized carbons (Fsp3) is 1.00. The van der Waals surface area contributed by atoms with Crippen molar-refractivity contribution < 1.29 is 8.85 Å². The maximum absolute atomic E-state index is 5.39. The molecule has 5 heteroatoms. The molecule has 74 valence electrons. The third-order valence-corrected chi connectivity index (χ3v) is 4.08. The first-order valence-electron chi connectivity index (χ1n) is 4.29. The second-order valence-electron chi connectivity index (χ2n) is 2.60. The Morgan fingerprint density at radius 2 is 2.00 bits per heavy atom. The summed E-state index contributed by atoms with van der Waals surface area (Å²) in [5.74, 6) is 0. The first kappa shape index (κ1) is 12.1. The summed E-state index contributed by atoms with van der Waals surface area (Å²) in [5.41, 5.74) is 5.75. The molecular formula is C7H20N2O2Si. The lowest BCUT2D eigenvalue weighted by Crippen LogP contribution is -2.47. The van der Waals surface area contributed by atoms with Crippen molar-refractivity contribution in [1.29, 1.82) is 0 Å². The van der Waals surface area contributed by atoms with E-state index in [-0.39, 0.29) is 0 Å². The van der Waals surface area contributed by atoms with Crippen LogP contribution in [0.25, 0.3) is 0 Å². The molecule has 0 aliphatic rings. The zero-order valence-electron chi connectivity index (χ0n) is 8.17. The normalized spacial score (nSPS) is 13.8. The summed E-state index contributed by atoms with van der Waals surface area (Å²) in [6.45, 7) is 3.60. The van der Waals surface area contributed by atoms with Gasteiger partial charge in [-0.25, -0.2) is 0 Å². The lowest BCUT2D eigenvalue weighted by atomic mass is 10.4. The molecule has 0 saturated carbocycles. The molecule has 1 unspecified atom stereocenters. The molecule has 0 spiro atoms. The lowest BCUT2D eigenvalue weighted by Gasteiger charge is -2.22. The van der Waals surface area contributed by atoms with E-state index in [1.54, 1.807) is 14.2 Å². The van der Waals surface area contributed by atoms with E-state index in [9.17, 15) is 0 Å².